The SMILES string of the molecule is CCCCCCOC(=O)OCOc1ccc2c(c1)[C@@]13CCCC[C@H]1[C@@H](C2)N(C(=O)OCc1ccccc1)CC3. The van der Waals surface area contributed by atoms with Crippen molar-refractivity contribution in [2.24, 2.45) is 5.92 Å². The van der Waals surface area contributed by atoms with Crippen LogP contribution in [0.5, 0.6) is 5.75 Å². The van der Waals surface area contributed by atoms with Crippen LogP contribution < -0.4 is 4.74 Å². The van der Waals surface area contributed by atoms with Gasteiger partial charge < -0.3 is 23.8 Å². The van der Waals surface area contributed by atoms with Gasteiger partial charge in [0.25, 0.3) is 0 Å². The molecule has 3 aliphatic rings. The van der Waals surface area contributed by atoms with Crippen molar-refractivity contribution in [2.45, 2.75) is 89.2 Å². The van der Waals surface area contributed by atoms with E-state index in [0.29, 0.717) is 31.4 Å². The van der Waals surface area contributed by atoms with E-state index in [1.54, 1.807) is 0 Å². The van der Waals surface area contributed by atoms with Gasteiger partial charge >= 0.3 is 12.2 Å². The number of benzene rings is 2. The fourth-order valence-corrected chi connectivity index (χ4v) is 6.97. The number of hydrogen-bond acceptors (Lipinski definition) is 6. The fraction of sp³-hybridized carbons (Fsp3) is 0.562. The Hall–Kier alpha value is -3.22. The van der Waals surface area contributed by atoms with Crippen LogP contribution in [0.1, 0.15) is 81.4 Å². The molecule has 0 spiro atoms. The summed E-state index contributed by atoms with van der Waals surface area (Å²) in [5, 5.41) is 0. The predicted molar refractivity (Wildman–Crippen MR) is 148 cm³/mol. The minimum atomic E-state index is -0.690. The van der Waals surface area contributed by atoms with Gasteiger partial charge in [-0.15, -0.1) is 0 Å². The molecule has 7 heteroatoms. The van der Waals surface area contributed by atoms with Crippen molar-refractivity contribution in [2.75, 3.05) is 19.9 Å². The molecule has 1 heterocycles. The summed E-state index contributed by atoms with van der Waals surface area (Å²) in [5.41, 5.74) is 3.67. The van der Waals surface area contributed by atoms with Crippen molar-refractivity contribution in [1.29, 1.82) is 0 Å². The lowest BCUT2D eigenvalue weighted by Gasteiger charge is -2.58. The molecule has 0 N–H and O–H groups in total. The van der Waals surface area contributed by atoms with Crippen molar-refractivity contribution >= 4 is 12.2 Å². The molecular formula is C32H41NO6. The Labute approximate surface area is 231 Å². The van der Waals surface area contributed by atoms with Gasteiger partial charge in [-0.25, -0.2) is 9.59 Å². The average Bonchev–Trinajstić information content (AvgIpc) is 2.96. The molecule has 1 aliphatic heterocycles. The van der Waals surface area contributed by atoms with Crippen molar-refractivity contribution in [1.82, 2.24) is 4.90 Å². The molecular weight excluding hydrogens is 494 g/mol. The fourth-order valence-electron chi connectivity index (χ4n) is 6.97. The first-order chi connectivity index (χ1) is 19.1. The number of carbonyl (C=O) groups excluding carboxylic acids is 2. The Morgan fingerprint density at radius 1 is 0.974 bits per heavy atom. The second kappa shape index (κ2) is 12.8. The monoisotopic (exact) mass is 535 g/mol. The minimum absolute atomic E-state index is 0.0460. The van der Waals surface area contributed by atoms with Crippen LogP contribution in [0.4, 0.5) is 9.59 Å². The summed E-state index contributed by atoms with van der Waals surface area (Å²) >= 11 is 0. The number of piperidine rings is 1. The molecule has 3 atom stereocenters. The summed E-state index contributed by atoms with van der Waals surface area (Å²) in [6.45, 7) is 3.34. The van der Waals surface area contributed by atoms with Gasteiger partial charge in [0.05, 0.1) is 6.61 Å². The van der Waals surface area contributed by atoms with Crippen LogP contribution in [0, 0.1) is 5.92 Å². The van der Waals surface area contributed by atoms with Gasteiger partial charge in [-0.05, 0) is 66.8 Å². The molecule has 1 saturated carbocycles. The average molecular weight is 536 g/mol. The number of likely N-dealkylation sites (tertiary alicyclic amines) is 1. The molecule has 2 aliphatic carbocycles. The molecule has 0 radical (unpaired) electrons. The lowest BCUT2D eigenvalue weighted by molar-refractivity contribution is -0.0144. The minimum Gasteiger partial charge on any atom is -0.457 e. The van der Waals surface area contributed by atoms with E-state index in [-0.39, 0.29) is 24.3 Å². The number of fused-ring (bicyclic) bond motifs is 1. The van der Waals surface area contributed by atoms with Gasteiger partial charge in [0.15, 0.2) is 0 Å². The number of carbonyl (C=O) groups is 2. The number of nitrogens with zero attached hydrogens (tertiary/aromatic N) is 1. The van der Waals surface area contributed by atoms with E-state index >= 15 is 0 Å². The number of amides is 1. The second-order valence-corrected chi connectivity index (χ2v) is 11.1. The lowest BCUT2D eigenvalue weighted by atomic mass is 9.52. The Morgan fingerprint density at radius 3 is 2.69 bits per heavy atom. The molecule has 7 nitrogen and oxygen atoms in total. The van der Waals surface area contributed by atoms with E-state index in [4.69, 9.17) is 18.9 Å². The van der Waals surface area contributed by atoms with Crippen molar-refractivity contribution in [3.63, 3.8) is 0 Å². The van der Waals surface area contributed by atoms with E-state index in [1.807, 2.05) is 41.3 Å². The molecule has 1 saturated heterocycles. The van der Waals surface area contributed by atoms with Gasteiger partial charge in [0, 0.05) is 18.0 Å². The summed E-state index contributed by atoms with van der Waals surface area (Å²) in [6, 6.07) is 16.2. The summed E-state index contributed by atoms with van der Waals surface area (Å²) < 4.78 is 21.9. The molecule has 0 unspecified atom stereocenters. The predicted octanol–water partition coefficient (Wildman–Crippen LogP) is 7.15. The van der Waals surface area contributed by atoms with Crippen LogP contribution in [0.15, 0.2) is 48.5 Å². The van der Waals surface area contributed by atoms with E-state index in [0.717, 1.165) is 56.9 Å². The number of hydrogen-bond donors (Lipinski definition) is 0. The highest BCUT2D eigenvalue weighted by molar-refractivity contribution is 5.69. The van der Waals surface area contributed by atoms with Crippen LogP contribution in [0.3, 0.4) is 0 Å². The standard InChI is InChI=1S/C32H41NO6/c1-2-3-4-10-19-36-31(35)39-23-38-26-15-14-25-20-29-27-13-8-9-16-32(27,28(25)21-26)17-18-33(29)30(34)37-22-24-11-6-5-7-12-24/h5-7,11-12,14-15,21,27,29H,2-4,8-10,13,16-20,22-23H2,1H3/t27-,29+,32+/m0/s1. The van der Waals surface area contributed by atoms with E-state index in [2.05, 4.69) is 19.1 Å². The highest BCUT2D eigenvalue weighted by Gasteiger charge is 2.55. The quantitative estimate of drug-likeness (QED) is 0.183. The van der Waals surface area contributed by atoms with Crippen molar-refractivity contribution < 1.29 is 28.5 Å². The maximum Gasteiger partial charge on any atom is 0.511 e. The number of unbranched alkanes of at least 4 members (excludes halogenated alkanes) is 3. The van der Waals surface area contributed by atoms with Crippen LogP contribution in [-0.2, 0) is 32.7 Å². The Kier molecular flexibility index (Phi) is 8.95. The number of ether oxygens (including phenoxy) is 4. The molecule has 2 fully saturated rings. The molecule has 0 aromatic heterocycles. The second-order valence-electron chi connectivity index (χ2n) is 11.1. The maximum absolute atomic E-state index is 13.2. The normalized spacial score (nSPS) is 23.3. The highest BCUT2D eigenvalue weighted by atomic mass is 16.8. The summed E-state index contributed by atoms with van der Waals surface area (Å²) in [7, 11) is 0. The number of rotatable bonds is 10. The van der Waals surface area contributed by atoms with Crippen molar-refractivity contribution in [3.8, 4) is 5.75 Å². The summed E-state index contributed by atoms with van der Waals surface area (Å²) in [6.07, 6.45) is 9.64. The first kappa shape index (κ1) is 27.4. The Balaban J connectivity index is 1.22. The molecule has 210 valence electrons. The topological polar surface area (TPSA) is 74.3 Å². The summed E-state index contributed by atoms with van der Waals surface area (Å²) in [5.74, 6) is 1.11. The molecule has 1 amide bonds. The third-order valence-electron chi connectivity index (χ3n) is 8.87. The third-order valence-corrected chi connectivity index (χ3v) is 8.87. The summed E-state index contributed by atoms with van der Waals surface area (Å²) in [4.78, 5) is 27.1. The molecule has 2 bridgehead atoms. The smallest absolute Gasteiger partial charge is 0.457 e. The molecule has 5 rings (SSSR count). The van der Waals surface area contributed by atoms with Gasteiger partial charge in [0.1, 0.15) is 12.4 Å². The van der Waals surface area contributed by atoms with E-state index in [1.165, 1.54) is 24.0 Å². The zero-order valence-electron chi connectivity index (χ0n) is 23.1. The molecule has 2 aromatic rings. The van der Waals surface area contributed by atoms with Crippen LogP contribution in [-0.4, -0.2) is 43.1 Å². The largest absolute Gasteiger partial charge is 0.511 e. The van der Waals surface area contributed by atoms with Gasteiger partial charge in [0.2, 0.25) is 6.79 Å². The van der Waals surface area contributed by atoms with Gasteiger partial charge in [-0.1, -0.05) is 75.4 Å². The van der Waals surface area contributed by atoms with E-state index < -0.39 is 6.16 Å². The Bertz CT molecular complexity index is 1120. The molecule has 39 heavy (non-hydrogen) atoms. The first-order valence-corrected chi connectivity index (χ1v) is 14.6. The van der Waals surface area contributed by atoms with Crippen LogP contribution in [0.25, 0.3) is 0 Å². The van der Waals surface area contributed by atoms with Crippen LogP contribution in [0.2, 0.25) is 0 Å². The highest BCUT2D eigenvalue weighted by Crippen LogP contribution is 2.56. The third kappa shape index (κ3) is 6.18. The van der Waals surface area contributed by atoms with Crippen molar-refractivity contribution in [3.05, 3.63) is 65.2 Å². The van der Waals surface area contributed by atoms with Crippen LogP contribution >= 0.6 is 0 Å². The van der Waals surface area contributed by atoms with E-state index in [9.17, 15) is 9.59 Å². The Morgan fingerprint density at radius 2 is 1.85 bits per heavy atom. The first-order valence-electron chi connectivity index (χ1n) is 14.6. The zero-order chi connectivity index (χ0) is 27.1. The lowest BCUT2D eigenvalue weighted by Crippen LogP contribution is -2.62. The van der Waals surface area contributed by atoms with Gasteiger partial charge in [-0.2, -0.15) is 0 Å². The zero-order valence-corrected chi connectivity index (χ0v) is 23.1. The molecule has 2 aromatic carbocycles. The van der Waals surface area contributed by atoms with Gasteiger partial charge in [-0.3, -0.25) is 0 Å². The maximum atomic E-state index is 13.2.